The first-order valence-electron chi connectivity index (χ1n) is 6.87. The Balaban J connectivity index is 2.31. The van der Waals surface area contributed by atoms with E-state index < -0.39 is 5.60 Å². The summed E-state index contributed by atoms with van der Waals surface area (Å²) in [6.07, 6.45) is 7.34. The van der Waals surface area contributed by atoms with E-state index in [1.807, 2.05) is 45.1 Å². The number of imidazole rings is 1. The number of carbonyl (C=O) groups is 1. The van der Waals surface area contributed by atoms with E-state index in [9.17, 15) is 4.79 Å². The lowest BCUT2D eigenvalue weighted by Crippen LogP contribution is -2.33. The molecule has 0 aliphatic carbocycles. The van der Waals surface area contributed by atoms with Crippen molar-refractivity contribution in [1.82, 2.24) is 14.9 Å². The Labute approximate surface area is 125 Å². The van der Waals surface area contributed by atoms with Crippen molar-refractivity contribution in [2.45, 2.75) is 45.8 Å². The van der Waals surface area contributed by atoms with Crippen LogP contribution in [0.2, 0.25) is 0 Å². The number of ether oxygens (including phenoxy) is 1. The monoisotopic (exact) mass is 299 g/mol. The highest BCUT2D eigenvalue weighted by atomic mass is 32.2. The Hall–Kier alpha value is -1.17. The summed E-state index contributed by atoms with van der Waals surface area (Å²) < 4.78 is 7.34. The van der Waals surface area contributed by atoms with Gasteiger partial charge in [0.1, 0.15) is 5.60 Å². The highest BCUT2D eigenvalue weighted by Gasteiger charge is 2.15. The van der Waals surface area contributed by atoms with Crippen LogP contribution in [-0.4, -0.2) is 39.8 Å². The number of nitrogens with one attached hydrogen (secondary N) is 1. The molecule has 1 N–H and O–H groups in total. The SMILES string of the molecule is CSCCCn1cncc1CCNC(=O)OC(C)(C)C. The van der Waals surface area contributed by atoms with Crippen LogP contribution in [0.3, 0.4) is 0 Å². The van der Waals surface area contributed by atoms with Gasteiger partial charge in [0.2, 0.25) is 0 Å². The molecule has 20 heavy (non-hydrogen) atoms. The molecule has 5 nitrogen and oxygen atoms in total. The Kier molecular flexibility index (Phi) is 6.91. The van der Waals surface area contributed by atoms with Gasteiger partial charge in [-0.1, -0.05) is 0 Å². The van der Waals surface area contributed by atoms with Crippen LogP contribution in [0.25, 0.3) is 0 Å². The molecule has 0 unspecified atom stereocenters. The number of rotatable bonds is 7. The molecule has 1 heterocycles. The minimum atomic E-state index is -0.455. The molecule has 0 saturated heterocycles. The molecule has 0 saturated carbocycles. The first kappa shape index (κ1) is 16.9. The Bertz CT molecular complexity index is 413. The number of aryl methyl sites for hydroxylation is 1. The second-order valence-corrected chi connectivity index (χ2v) is 6.59. The van der Waals surface area contributed by atoms with Gasteiger partial charge in [0, 0.05) is 31.4 Å². The molecule has 1 amide bonds. The van der Waals surface area contributed by atoms with Gasteiger partial charge < -0.3 is 14.6 Å². The van der Waals surface area contributed by atoms with E-state index >= 15 is 0 Å². The zero-order valence-corrected chi connectivity index (χ0v) is 13.6. The van der Waals surface area contributed by atoms with Crippen LogP contribution >= 0.6 is 11.8 Å². The van der Waals surface area contributed by atoms with Gasteiger partial charge in [-0.3, -0.25) is 0 Å². The maximum absolute atomic E-state index is 11.5. The number of aromatic nitrogens is 2. The first-order chi connectivity index (χ1) is 9.42. The molecule has 114 valence electrons. The highest BCUT2D eigenvalue weighted by Crippen LogP contribution is 2.07. The fourth-order valence-electron chi connectivity index (χ4n) is 1.74. The van der Waals surface area contributed by atoms with Crippen molar-refractivity contribution in [3.8, 4) is 0 Å². The predicted octanol–water partition coefficient (Wildman–Crippen LogP) is 2.70. The van der Waals surface area contributed by atoms with Crippen LogP contribution in [0.15, 0.2) is 12.5 Å². The molecule has 0 fully saturated rings. The molecule has 0 spiro atoms. The predicted molar refractivity (Wildman–Crippen MR) is 83.2 cm³/mol. The van der Waals surface area contributed by atoms with Crippen LogP contribution in [-0.2, 0) is 17.7 Å². The topological polar surface area (TPSA) is 56.2 Å². The third kappa shape index (κ3) is 6.84. The summed E-state index contributed by atoms with van der Waals surface area (Å²) in [6.45, 7) is 7.10. The molecule has 0 bridgehead atoms. The van der Waals surface area contributed by atoms with Gasteiger partial charge in [-0.05, 0) is 39.2 Å². The molecule has 0 aliphatic rings. The normalized spacial score (nSPS) is 11.4. The second kappa shape index (κ2) is 8.19. The van der Waals surface area contributed by atoms with Crippen molar-refractivity contribution in [3.63, 3.8) is 0 Å². The molecular formula is C14H25N3O2S. The number of thioether (sulfide) groups is 1. The second-order valence-electron chi connectivity index (χ2n) is 5.60. The van der Waals surface area contributed by atoms with Gasteiger partial charge in [0.15, 0.2) is 0 Å². The van der Waals surface area contributed by atoms with Gasteiger partial charge in [-0.25, -0.2) is 9.78 Å². The zero-order chi connectivity index (χ0) is 15.0. The number of hydrogen-bond donors (Lipinski definition) is 1. The van der Waals surface area contributed by atoms with Crippen molar-refractivity contribution in [3.05, 3.63) is 18.2 Å². The maximum Gasteiger partial charge on any atom is 0.407 e. The van der Waals surface area contributed by atoms with Gasteiger partial charge in [-0.2, -0.15) is 11.8 Å². The van der Waals surface area contributed by atoms with E-state index in [1.54, 1.807) is 0 Å². The van der Waals surface area contributed by atoms with Crippen molar-refractivity contribution < 1.29 is 9.53 Å². The maximum atomic E-state index is 11.5. The van der Waals surface area contributed by atoms with Crippen molar-refractivity contribution in [1.29, 1.82) is 0 Å². The lowest BCUT2D eigenvalue weighted by atomic mass is 10.2. The summed E-state index contributed by atoms with van der Waals surface area (Å²) in [6, 6.07) is 0. The molecule has 1 aromatic rings. The van der Waals surface area contributed by atoms with Gasteiger partial charge >= 0.3 is 6.09 Å². The van der Waals surface area contributed by atoms with Crippen LogP contribution in [0.1, 0.15) is 32.9 Å². The highest BCUT2D eigenvalue weighted by molar-refractivity contribution is 7.98. The van der Waals surface area contributed by atoms with E-state index in [2.05, 4.69) is 21.1 Å². The number of amides is 1. The van der Waals surface area contributed by atoms with E-state index in [1.165, 1.54) is 0 Å². The fraction of sp³-hybridized carbons (Fsp3) is 0.714. The summed E-state index contributed by atoms with van der Waals surface area (Å²) in [5.41, 5.74) is 0.686. The fourth-order valence-corrected chi connectivity index (χ4v) is 2.16. The molecular weight excluding hydrogens is 274 g/mol. The molecule has 1 aromatic heterocycles. The largest absolute Gasteiger partial charge is 0.444 e. The van der Waals surface area contributed by atoms with Gasteiger partial charge in [-0.15, -0.1) is 0 Å². The van der Waals surface area contributed by atoms with Crippen LogP contribution in [0.5, 0.6) is 0 Å². The van der Waals surface area contributed by atoms with E-state index in [0.717, 1.165) is 30.8 Å². The molecule has 0 radical (unpaired) electrons. The Morgan fingerprint density at radius 3 is 2.90 bits per heavy atom. The third-order valence-electron chi connectivity index (χ3n) is 2.60. The molecule has 0 aromatic carbocycles. The van der Waals surface area contributed by atoms with E-state index in [-0.39, 0.29) is 6.09 Å². The van der Waals surface area contributed by atoms with E-state index in [4.69, 9.17) is 4.74 Å². The van der Waals surface area contributed by atoms with Gasteiger partial charge in [0.25, 0.3) is 0 Å². The Morgan fingerprint density at radius 2 is 2.25 bits per heavy atom. The average molecular weight is 299 g/mol. The summed E-state index contributed by atoms with van der Waals surface area (Å²) >= 11 is 1.85. The molecule has 1 rings (SSSR count). The minimum absolute atomic E-state index is 0.369. The first-order valence-corrected chi connectivity index (χ1v) is 8.26. The summed E-state index contributed by atoms with van der Waals surface area (Å²) in [4.78, 5) is 15.7. The van der Waals surface area contributed by atoms with E-state index in [0.29, 0.717) is 6.54 Å². The number of carbonyl (C=O) groups excluding carboxylic acids is 1. The molecule has 0 aliphatic heterocycles. The molecule has 6 heteroatoms. The summed E-state index contributed by atoms with van der Waals surface area (Å²) in [5, 5.41) is 2.77. The van der Waals surface area contributed by atoms with Crippen molar-refractivity contribution in [2.24, 2.45) is 0 Å². The minimum Gasteiger partial charge on any atom is -0.444 e. The molecule has 0 atom stereocenters. The summed E-state index contributed by atoms with van der Waals surface area (Å²) in [5.74, 6) is 1.15. The Morgan fingerprint density at radius 1 is 1.50 bits per heavy atom. The summed E-state index contributed by atoms with van der Waals surface area (Å²) in [7, 11) is 0. The lowest BCUT2D eigenvalue weighted by molar-refractivity contribution is 0.0528. The lowest BCUT2D eigenvalue weighted by Gasteiger charge is -2.19. The number of nitrogens with zero attached hydrogens (tertiary/aromatic N) is 2. The number of hydrogen-bond acceptors (Lipinski definition) is 4. The van der Waals surface area contributed by atoms with Crippen LogP contribution in [0, 0.1) is 0 Å². The van der Waals surface area contributed by atoms with Crippen molar-refractivity contribution in [2.75, 3.05) is 18.6 Å². The zero-order valence-electron chi connectivity index (χ0n) is 12.8. The smallest absolute Gasteiger partial charge is 0.407 e. The standard InChI is InChI=1S/C14H25N3O2S/c1-14(2,3)19-13(18)16-7-6-12-10-15-11-17(12)8-5-9-20-4/h10-11H,5-9H2,1-4H3,(H,16,18). The van der Waals surface area contributed by atoms with Crippen LogP contribution in [0.4, 0.5) is 4.79 Å². The average Bonchev–Trinajstić information content (AvgIpc) is 2.75. The van der Waals surface area contributed by atoms with Gasteiger partial charge in [0.05, 0.1) is 6.33 Å². The van der Waals surface area contributed by atoms with Crippen LogP contribution < -0.4 is 5.32 Å². The van der Waals surface area contributed by atoms with Crippen molar-refractivity contribution >= 4 is 17.9 Å². The number of alkyl carbamates (subject to hydrolysis) is 1. The third-order valence-corrected chi connectivity index (χ3v) is 3.29. The quantitative estimate of drug-likeness (QED) is 0.787.